The van der Waals surface area contributed by atoms with Gasteiger partial charge >= 0.3 is 0 Å². The van der Waals surface area contributed by atoms with E-state index in [4.69, 9.17) is 14.3 Å². The number of aromatic nitrogens is 2. The highest BCUT2D eigenvalue weighted by molar-refractivity contribution is 7.81. The molecule has 0 aliphatic heterocycles. The molecule has 13 heteroatoms. The molecule has 0 saturated carbocycles. The van der Waals surface area contributed by atoms with Gasteiger partial charge in [-0.15, -0.1) is 0 Å². The van der Waals surface area contributed by atoms with E-state index in [9.17, 15) is 13.6 Å². The fraction of sp³-hybridized carbons (Fsp3) is 0.156. The number of para-hydroxylation sites is 2. The Labute approximate surface area is 262 Å². The lowest BCUT2D eigenvalue weighted by Gasteiger charge is -2.27. The standard InChI is InChI=1S/C32H32N6O6S/c1-21-11-13-22(14-12-21)20-44-33-19-30(39)34-23-7-6-8-25(15-23)38(45(40)41)32-31(36-28-9-4-5-10-29(28)37-32)35-24-16-26(42-2)18-27(17-24)43-3/h4-18,33H,19-20H2,1-3H3,(H,34,39)(H,35,36)(H,40,41)/p-1. The van der Waals surface area contributed by atoms with Crippen molar-refractivity contribution in [1.29, 1.82) is 0 Å². The van der Waals surface area contributed by atoms with Crippen LogP contribution in [0.4, 0.5) is 28.7 Å². The van der Waals surface area contributed by atoms with Crippen LogP contribution in [0.15, 0.2) is 91.0 Å². The zero-order valence-electron chi connectivity index (χ0n) is 24.8. The molecule has 0 bridgehead atoms. The van der Waals surface area contributed by atoms with Gasteiger partial charge in [-0.2, -0.15) is 5.48 Å². The summed E-state index contributed by atoms with van der Waals surface area (Å²) in [7, 11) is 3.06. The zero-order chi connectivity index (χ0) is 31.8. The fourth-order valence-corrected chi connectivity index (χ4v) is 4.92. The van der Waals surface area contributed by atoms with Crippen molar-refractivity contribution in [3.63, 3.8) is 0 Å². The predicted octanol–water partition coefficient (Wildman–Crippen LogP) is 5.29. The fourth-order valence-electron chi connectivity index (χ4n) is 4.36. The molecule has 1 aromatic heterocycles. The van der Waals surface area contributed by atoms with Gasteiger partial charge < -0.3 is 24.7 Å². The highest BCUT2D eigenvalue weighted by Gasteiger charge is 2.21. The van der Waals surface area contributed by atoms with Crippen LogP contribution in [0, 0.1) is 6.92 Å². The Morgan fingerprint density at radius 3 is 2.22 bits per heavy atom. The molecule has 5 aromatic rings. The molecule has 0 radical (unpaired) electrons. The van der Waals surface area contributed by atoms with E-state index in [1.54, 1.807) is 54.6 Å². The Bertz CT molecular complexity index is 1800. The Kier molecular flexibility index (Phi) is 10.2. The largest absolute Gasteiger partial charge is 0.755 e. The third kappa shape index (κ3) is 8.10. The highest BCUT2D eigenvalue weighted by atomic mass is 32.2. The number of fused-ring (bicyclic) bond motifs is 1. The Hall–Kier alpha value is -5.08. The third-order valence-corrected chi connectivity index (χ3v) is 7.25. The van der Waals surface area contributed by atoms with Crippen LogP contribution in [-0.4, -0.2) is 45.4 Å². The van der Waals surface area contributed by atoms with Gasteiger partial charge in [0.2, 0.25) is 5.91 Å². The summed E-state index contributed by atoms with van der Waals surface area (Å²) in [4.78, 5) is 27.4. The number of nitrogens with one attached hydrogen (secondary N) is 3. The Morgan fingerprint density at radius 2 is 1.56 bits per heavy atom. The third-order valence-electron chi connectivity index (χ3n) is 6.57. The minimum atomic E-state index is -2.83. The van der Waals surface area contributed by atoms with Gasteiger partial charge in [0.15, 0.2) is 11.6 Å². The summed E-state index contributed by atoms with van der Waals surface area (Å²) in [5.74, 6) is 0.839. The van der Waals surface area contributed by atoms with E-state index in [1.165, 1.54) is 20.3 Å². The second-order valence-corrected chi connectivity index (χ2v) is 10.6. The summed E-state index contributed by atoms with van der Waals surface area (Å²) >= 11 is -2.83. The van der Waals surface area contributed by atoms with Gasteiger partial charge in [-0.3, -0.25) is 18.1 Å². The van der Waals surface area contributed by atoms with E-state index in [1.807, 2.05) is 37.3 Å². The molecule has 1 heterocycles. The van der Waals surface area contributed by atoms with Crippen LogP contribution >= 0.6 is 0 Å². The van der Waals surface area contributed by atoms with Crippen LogP contribution in [0.3, 0.4) is 0 Å². The van der Waals surface area contributed by atoms with Crippen molar-refractivity contribution in [2.75, 3.05) is 35.7 Å². The molecular formula is C32H31N6O6S-. The SMILES string of the molecule is COc1cc(Nc2nc3ccccc3nc2N(c2cccc(NC(=O)CNOCc3ccc(C)cc3)c2)S(=O)[O-])cc(OC)c1. The number of anilines is 5. The van der Waals surface area contributed by atoms with Gasteiger partial charge in [-0.25, -0.2) is 9.97 Å². The molecule has 4 aromatic carbocycles. The number of hydrogen-bond acceptors (Lipinski definition) is 10. The van der Waals surface area contributed by atoms with Crippen LogP contribution in [0.5, 0.6) is 11.5 Å². The number of hydroxylamine groups is 1. The molecule has 1 unspecified atom stereocenters. The van der Waals surface area contributed by atoms with E-state index < -0.39 is 11.3 Å². The van der Waals surface area contributed by atoms with Crippen molar-refractivity contribution >= 4 is 56.9 Å². The maximum Gasteiger partial charge on any atom is 0.240 e. The first-order valence-corrected chi connectivity index (χ1v) is 14.8. The molecule has 0 saturated heterocycles. The van der Waals surface area contributed by atoms with Gasteiger partial charge in [0, 0.05) is 29.6 Å². The second-order valence-electron chi connectivity index (χ2n) is 9.82. The van der Waals surface area contributed by atoms with Crippen LogP contribution in [0.2, 0.25) is 0 Å². The normalized spacial score (nSPS) is 11.6. The van der Waals surface area contributed by atoms with Gasteiger partial charge in [-0.05, 0) is 42.8 Å². The first-order chi connectivity index (χ1) is 21.8. The van der Waals surface area contributed by atoms with Crippen molar-refractivity contribution in [1.82, 2.24) is 15.4 Å². The van der Waals surface area contributed by atoms with Crippen molar-refractivity contribution in [3.8, 4) is 11.5 Å². The number of carbonyl (C=O) groups excluding carboxylic acids is 1. The molecule has 5 rings (SSSR count). The molecular weight excluding hydrogens is 596 g/mol. The topological polar surface area (TPSA) is 150 Å². The molecule has 0 aliphatic carbocycles. The molecule has 0 fully saturated rings. The molecule has 1 atom stereocenters. The molecule has 3 N–H and O–H groups in total. The quantitative estimate of drug-likeness (QED) is 0.0893. The van der Waals surface area contributed by atoms with E-state index in [0.717, 1.165) is 15.4 Å². The lowest BCUT2D eigenvalue weighted by Crippen LogP contribution is -2.28. The minimum Gasteiger partial charge on any atom is -0.755 e. The maximum absolute atomic E-state index is 12.8. The molecule has 232 valence electrons. The van der Waals surface area contributed by atoms with E-state index in [2.05, 4.69) is 26.1 Å². The average molecular weight is 628 g/mol. The van der Waals surface area contributed by atoms with Gasteiger partial charge in [0.05, 0.1) is 48.8 Å². The summed E-state index contributed by atoms with van der Waals surface area (Å²) < 4.78 is 37.3. The number of amides is 1. The number of aryl methyl sites for hydroxylation is 1. The molecule has 0 aliphatic rings. The van der Waals surface area contributed by atoms with Crippen LogP contribution in [0.25, 0.3) is 11.0 Å². The molecule has 0 spiro atoms. The van der Waals surface area contributed by atoms with Crippen molar-refractivity contribution in [2.45, 2.75) is 13.5 Å². The van der Waals surface area contributed by atoms with Gasteiger partial charge in [0.25, 0.3) is 0 Å². The monoisotopic (exact) mass is 627 g/mol. The lowest BCUT2D eigenvalue weighted by molar-refractivity contribution is -0.118. The van der Waals surface area contributed by atoms with Crippen molar-refractivity contribution in [2.24, 2.45) is 0 Å². The smallest absolute Gasteiger partial charge is 0.240 e. The Balaban J connectivity index is 1.38. The molecule has 45 heavy (non-hydrogen) atoms. The van der Waals surface area contributed by atoms with E-state index in [0.29, 0.717) is 40.5 Å². The van der Waals surface area contributed by atoms with Crippen LogP contribution < -0.4 is 29.9 Å². The van der Waals surface area contributed by atoms with Crippen molar-refractivity contribution < 1.29 is 27.9 Å². The Morgan fingerprint density at radius 1 is 0.867 bits per heavy atom. The first-order valence-electron chi connectivity index (χ1n) is 13.8. The van der Waals surface area contributed by atoms with Crippen molar-refractivity contribution in [3.05, 3.63) is 102 Å². The van der Waals surface area contributed by atoms with E-state index >= 15 is 0 Å². The number of ether oxygens (including phenoxy) is 2. The second kappa shape index (κ2) is 14.6. The number of benzene rings is 4. The molecule has 12 nitrogen and oxygen atoms in total. The average Bonchev–Trinajstić information content (AvgIpc) is 3.04. The summed E-state index contributed by atoms with van der Waals surface area (Å²) in [6.07, 6.45) is 0. The van der Waals surface area contributed by atoms with Gasteiger partial charge in [-0.1, -0.05) is 48.0 Å². The molecule has 1 amide bonds. The number of rotatable bonds is 13. The van der Waals surface area contributed by atoms with Gasteiger partial charge in [0.1, 0.15) is 18.0 Å². The lowest BCUT2D eigenvalue weighted by atomic mass is 10.2. The number of nitrogens with zero attached hydrogens (tertiary/aromatic N) is 3. The number of carbonyl (C=O) groups is 1. The summed E-state index contributed by atoms with van der Waals surface area (Å²) in [5.41, 5.74) is 6.91. The predicted molar refractivity (Wildman–Crippen MR) is 172 cm³/mol. The number of hydrogen-bond donors (Lipinski definition) is 3. The summed E-state index contributed by atoms with van der Waals surface area (Å²) in [6, 6.07) is 26.5. The number of methoxy groups -OCH3 is 2. The summed E-state index contributed by atoms with van der Waals surface area (Å²) in [5, 5.41) is 5.92. The minimum absolute atomic E-state index is 0.0125. The first kappa shape index (κ1) is 31.3. The van der Waals surface area contributed by atoms with E-state index in [-0.39, 0.29) is 29.8 Å². The zero-order valence-corrected chi connectivity index (χ0v) is 25.6. The van der Waals surface area contributed by atoms with Crippen LogP contribution in [-0.2, 0) is 27.5 Å². The van der Waals surface area contributed by atoms with Crippen LogP contribution in [0.1, 0.15) is 11.1 Å². The maximum atomic E-state index is 12.8. The summed E-state index contributed by atoms with van der Waals surface area (Å²) in [6.45, 7) is 2.17. The highest BCUT2D eigenvalue weighted by Crippen LogP contribution is 2.36.